The predicted molar refractivity (Wildman–Crippen MR) is 72.2 cm³/mol. The third kappa shape index (κ3) is 3.33. The second kappa shape index (κ2) is 5.83. The van der Waals surface area contributed by atoms with Gasteiger partial charge < -0.3 is 5.32 Å². The van der Waals surface area contributed by atoms with E-state index in [4.69, 9.17) is 0 Å². The van der Waals surface area contributed by atoms with Crippen molar-refractivity contribution < 1.29 is 0 Å². The third-order valence-electron chi connectivity index (χ3n) is 3.76. The third-order valence-corrected chi connectivity index (χ3v) is 4.86. The van der Waals surface area contributed by atoms with E-state index in [2.05, 4.69) is 36.7 Å². The normalized spacial score (nSPS) is 27.9. The fourth-order valence-electron chi connectivity index (χ4n) is 2.48. The van der Waals surface area contributed by atoms with Crippen molar-refractivity contribution in [2.75, 3.05) is 6.54 Å². The van der Waals surface area contributed by atoms with Gasteiger partial charge in [-0.05, 0) is 43.0 Å². The van der Waals surface area contributed by atoms with Crippen molar-refractivity contribution >= 4 is 11.3 Å². The minimum absolute atomic E-state index is 0.666. The summed E-state index contributed by atoms with van der Waals surface area (Å²) < 4.78 is 0. The second-order valence-corrected chi connectivity index (χ2v) is 6.26. The van der Waals surface area contributed by atoms with E-state index in [1.165, 1.54) is 30.6 Å². The molecular weight excluding hydrogens is 214 g/mol. The molecule has 0 spiro atoms. The van der Waals surface area contributed by atoms with E-state index in [0.29, 0.717) is 5.92 Å². The highest BCUT2D eigenvalue weighted by Crippen LogP contribution is 2.25. The summed E-state index contributed by atoms with van der Waals surface area (Å²) in [5.74, 6) is 1.62. The summed E-state index contributed by atoms with van der Waals surface area (Å²) in [5.41, 5.74) is 0. The molecule has 1 heterocycles. The van der Waals surface area contributed by atoms with Gasteiger partial charge in [-0.1, -0.05) is 19.9 Å². The molecule has 1 nitrogen and oxygen atoms in total. The lowest BCUT2D eigenvalue weighted by Gasteiger charge is -2.28. The molecule has 1 aromatic rings. The summed E-state index contributed by atoms with van der Waals surface area (Å²) in [5, 5.41) is 5.91. The van der Waals surface area contributed by atoms with Crippen molar-refractivity contribution in [3.63, 3.8) is 0 Å². The molecule has 0 amide bonds. The molecule has 1 N–H and O–H groups in total. The number of hydrogen-bond acceptors (Lipinski definition) is 2. The molecular formula is C14H23NS. The maximum absolute atomic E-state index is 3.74. The van der Waals surface area contributed by atoms with E-state index in [0.717, 1.165) is 18.5 Å². The molecule has 16 heavy (non-hydrogen) atoms. The Bertz CT molecular complexity index is 286. The van der Waals surface area contributed by atoms with E-state index in [1.807, 2.05) is 11.3 Å². The average molecular weight is 237 g/mol. The van der Waals surface area contributed by atoms with Crippen LogP contribution in [-0.4, -0.2) is 12.6 Å². The fraction of sp³-hybridized carbons (Fsp3) is 0.714. The van der Waals surface area contributed by atoms with Crippen molar-refractivity contribution in [2.24, 2.45) is 5.92 Å². The minimum Gasteiger partial charge on any atom is -0.313 e. The smallest absolute Gasteiger partial charge is 0.00860 e. The van der Waals surface area contributed by atoms with Gasteiger partial charge in [0.05, 0.1) is 0 Å². The highest BCUT2D eigenvalue weighted by Gasteiger charge is 2.18. The van der Waals surface area contributed by atoms with Crippen LogP contribution in [0.5, 0.6) is 0 Å². The predicted octanol–water partition coefficient (Wildman–Crippen LogP) is 4.02. The molecule has 1 aromatic heterocycles. The zero-order chi connectivity index (χ0) is 11.4. The van der Waals surface area contributed by atoms with Crippen LogP contribution in [0, 0.1) is 5.92 Å². The number of hydrogen-bond donors (Lipinski definition) is 1. The molecule has 0 aliphatic heterocycles. The van der Waals surface area contributed by atoms with E-state index in [1.54, 1.807) is 0 Å². The Morgan fingerprint density at radius 3 is 2.75 bits per heavy atom. The molecule has 1 unspecified atom stereocenters. The van der Waals surface area contributed by atoms with Crippen LogP contribution in [0.25, 0.3) is 0 Å². The van der Waals surface area contributed by atoms with Crippen LogP contribution in [-0.2, 0) is 0 Å². The lowest BCUT2D eigenvalue weighted by atomic mass is 9.87. The molecule has 2 rings (SSSR count). The van der Waals surface area contributed by atoms with Crippen molar-refractivity contribution in [1.82, 2.24) is 5.32 Å². The van der Waals surface area contributed by atoms with Gasteiger partial charge in [0.1, 0.15) is 0 Å². The number of thiophene rings is 1. The molecule has 1 atom stereocenters. The van der Waals surface area contributed by atoms with Crippen LogP contribution in [0.1, 0.15) is 50.3 Å². The molecule has 1 aliphatic carbocycles. The quantitative estimate of drug-likeness (QED) is 0.834. The van der Waals surface area contributed by atoms with Crippen LogP contribution in [0.15, 0.2) is 17.5 Å². The summed E-state index contributed by atoms with van der Waals surface area (Å²) >= 11 is 1.88. The Labute approximate surface area is 103 Å². The van der Waals surface area contributed by atoms with Gasteiger partial charge in [-0.3, -0.25) is 0 Å². The Morgan fingerprint density at radius 2 is 2.12 bits per heavy atom. The SMILES string of the molecule is CC1CCC(NCC(C)c2cccs2)CC1. The molecule has 1 aliphatic rings. The standard InChI is InChI=1S/C14H23NS/c1-11-5-7-13(8-6-11)15-10-12(2)14-4-3-9-16-14/h3-4,9,11-13,15H,5-8,10H2,1-2H3. The maximum atomic E-state index is 3.74. The van der Waals surface area contributed by atoms with Crippen molar-refractivity contribution in [2.45, 2.75) is 51.5 Å². The van der Waals surface area contributed by atoms with Gasteiger partial charge in [-0.15, -0.1) is 11.3 Å². The van der Waals surface area contributed by atoms with Gasteiger partial charge in [-0.25, -0.2) is 0 Å². The summed E-state index contributed by atoms with van der Waals surface area (Å²) in [4.78, 5) is 1.51. The largest absolute Gasteiger partial charge is 0.313 e. The van der Waals surface area contributed by atoms with E-state index < -0.39 is 0 Å². The highest BCUT2D eigenvalue weighted by atomic mass is 32.1. The number of nitrogens with one attached hydrogen (secondary N) is 1. The van der Waals surface area contributed by atoms with Crippen LogP contribution < -0.4 is 5.32 Å². The Balaban J connectivity index is 1.71. The molecule has 0 radical (unpaired) electrons. The molecule has 1 saturated carbocycles. The van der Waals surface area contributed by atoms with E-state index in [-0.39, 0.29) is 0 Å². The molecule has 2 heteroatoms. The number of rotatable bonds is 4. The van der Waals surface area contributed by atoms with E-state index >= 15 is 0 Å². The van der Waals surface area contributed by atoms with Gasteiger partial charge in [0.15, 0.2) is 0 Å². The Kier molecular flexibility index (Phi) is 4.42. The zero-order valence-electron chi connectivity index (χ0n) is 10.4. The minimum atomic E-state index is 0.666. The summed E-state index contributed by atoms with van der Waals surface area (Å²) in [6.45, 7) is 5.84. The lowest BCUT2D eigenvalue weighted by Crippen LogP contribution is -2.34. The first-order valence-corrected chi connectivity index (χ1v) is 7.40. The van der Waals surface area contributed by atoms with E-state index in [9.17, 15) is 0 Å². The van der Waals surface area contributed by atoms with Gasteiger partial charge in [0.25, 0.3) is 0 Å². The first kappa shape index (κ1) is 12.1. The first-order valence-electron chi connectivity index (χ1n) is 6.52. The summed E-state index contributed by atoms with van der Waals surface area (Å²) in [6, 6.07) is 5.18. The maximum Gasteiger partial charge on any atom is 0.00860 e. The molecule has 0 bridgehead atoms. The van der Waals surface area contributed by atoms with Gasteiger partial charge in [0, 0.05) is 23.4 Å². The van der Waals surface area contributed by atoms with Crippen LogP contribution in [0.4, 0.5) is 0 Å². The molecule has 90 valence electrons. The zero-order valence-corrected chi connectivity index (χ0v) is 11.2. The second-order valence-electron chi connectivity index (χ2n) is 5.28. The van der Waals surface area contributed by atoms with Crippen LogP contribution in [0.3, 0.4) is 0 Å². The van der Waals surface area contributed by atoms with Crippen molar-refractivity contribution in [3.05, 3.63) is 22.4 Å². The lowest BCUT2D eigenvalue weighted by molar-refractivity contribution is 0.305. The summed E-state index contributed by atoms with van der Waals surface area (Å²) in [7, 11) is 0. The molecule has 0 saturated heterocycles. The van der Waals surface area contributed by atoms with Crippen LogP contribution >= 0.6 is 11.3 Å². The summed E-state index contributed by atoms with van der Waals surface area (Å²) in [6.07, 6.45) is 5.56. The highest BCUT2D eigenvalue weighted by molar-refractivity contribution is 7.10. The first-order chi connectivity index (χ1) is 7.75. The topological polar surface area (TPSA) is 12.0 Å². The fourth-order valence-corrected chi connectivity index (χ4v) is 3.27. The van der Waals surface area contributed by atoms with Crippen LogP contribution in [0.2, 0.25) is 0 Å². The average Bonchev–Trinajstić information content (AvgIpc) is 2.81. The Hall–Kier alpha value is -0.340. The monoisotopic (exact) mass is 237 g/mol. The van der Waals surface area contributed by atoms with Gasteiger partial charge in [-0.2, -0.15) is 0 Å². The van der Waals surface area contributed by atoms with Gasteiger partial charge in [0.2, 0.25) is 0 Å². The molecule has 0 aromatic carbocycles. The van der Waals surface area contributed by atoms with Gasteiger partial charge >= 0.3 is 0 Å². The van der Waals surface area contributed by atoms with Crippen molar-refractivity contribution in [1.29, 1.82) is 0 Å². The van der Waals surface area contributed by atoms with Crippen molar-refractivity contribution in [3.8, 4) is 0 Å². The molecule has 1 fully saturated rings. The Morgan fingerprint density at radius 1 is 1.38 bits per heavy atom.